The second-order valence-electron chi connectivity index (χ2n) is 6.00. The second kappa shape index (κ2) is 7.16. The molecule has 1 fully saturated rings. The van der Waals surface area contributed by atoms with E-state index in [1.807, 2.05) is 35.2 Å². The van der Waals surface area contributed by atoms with Gasteiger partial charge in [0.2, 0.25) is 0 Å². The number of carbonyl (C=O) groups is 1. The standard InChI is InChI=1S/C19H20ClNO2/c20-17-8-4-7-16(13-17)19(23)21-11-9-15(10-12-21)18(22)14-5-2-1-3-6-14/h1-8,13,15,18,22H,9-12H2. The zero-order valence-corrected chi connectivity index (χ0v) is 13.6. The van der Waals surface area contributed by atoms with E-state index in [-0.39, 0.29) is 11.8 Å². The Bertz CT molecular complexity index is 666. The van der Waals surface area contributed by atoms with Gasteiger partial charge in [-0.05, 0) is 42.5 Å². The molecule has 3 rings (SSSR count). The third-order valence-electron chi connectivity index (χ3n) is 4.49. The first-order valence-electron chi connectivity index (χ1n) is 7.93. The number of piperidine rings is 1. The van der Waals surface area contributed by atoms with Crippen molar-refractivity contribution in [2.75, 3.05) is 13.1 Å². The number of likely N-dealkylation sites (tertiary alicyclic amines) is 1. The Labute approximate surface area is 141 Å². The molecule has 3 nitrogen and oxygen atoms in total. The molecule has 1 unspecified atom stereocenters. The van der Waals surface area contributed by atoms with Gasteiger partial charge in [0.25, 0.3) is 5.91 Å². The average molecular weight is 330 g/mol. The predicted molar refractivity (Wildman–Crippen MR) is 91.5 cm³/mol. The molecule has 2 aromatic rings. The number of carbonyl (C=O) groups excluding carboxylic acids is 1. The van der Waals surface area contributed by atoms with Crippen molar-refractivity contribution in [3.8, 4) is 0 Å². The number of amides is 1. The fraction of sp³-hybridized carbons (Fsp3) is 0.316. The molecule has 1 saturated heterocycles. The maximum absolute atomic E-state index is 12.5. The van der Waals surface area contributed by atoms with Gasteiger partial charge >= 0.3 is 0 Å². The lowest BCUT2D eigenvalue weighted by atomic mass is 9.87. The van der Waals surface area contributed by atoms with Gasteiger partial charge in [-0.25, -0.2) is 0 Å². The number of halogens is 1. The fourth-order valence-corrected chi connectivity index (χ4v) is 3.34. The zero-order valence-electron chi connectivity index (χ0n) is 12.9. The van der Waals surface area contributed by atoms with Crippen LogP contribution in [0.5, 0.6) is 0 Å². The van der Waals surface area contributed by atoms with Crippen molar-refractivity contribution in [3.05, 3.63) is 70.7 Å². The van der Waals surface area contributed by atoms with E-state index in [1.54, 1.807) is 24.3 Å². The highest BCUT2D eigenvalue weighted by molar-refractivity contribution is 6.30. The number of nitrogens with zero attached hydrogens (tertiary/aromatic N) is 1. The summed E-state index contributed by atoms with van der Waals surface area (Å²) < 4.78 is 0. The first kappa shape index (κ1) is 16.0. The molecule has 0 aromatic heterocycles. The van der Waals surface area contributed by atoms with Crippen LogP contribution in [0.4, 0.5) is 0 Å². The van der Waals surface area contributed by atoms with Crippen LogP contribution in [-0.4, -0.2) is 29.0 Å². The molecule has 0 radical (unpaired) electrons. The van der Waals surface area contributed by atoms with Crippen molar-refractivity contribution in [2.45, 2.75) is 18.9 Å². The number of benzene rings is 2. The minimum atomic E-state index is -0.459. The summed E-state index contributed by atoms with van der Waals surface area (Å²) >= 11 is 5.96. The van der Waals surface area contributed by atoms with E-state index in [0.29, 0.717) is 23.7 Å². The normalized spacial score (nSPS) is 17.0. The van der Waals surface area contributed by atoms with E-state index in [1.165, 1.54) is 0 Å². The highest BCUT2D eigenvalue weighted by Gasteiger charge is 2.28. The van der Waals surface area contributed by atoms with Crippen LogP contribution in [0, 0.1) is 5.92 Å². The smallest absolute Gasteiger partial charge is 0.253 e. The fourth-order valence-electron chi connectivity index (χ4n) is 3.14. The molecule has 1 aliphatic rings. The molecular formula is C19H20ClNO2. The molecule has 0 saturated carbocycles. The van der Waals surface area contributed by atoms with Crippen LogP contribution in [0.15, 0.2) is 54.6 Å². The Morgan fingerprint density at radius 1 is 1.09 bits per heavy atom. The van der Waals surface area contributed by atoms with E-state index < -0.39 is 6.10 Å². The Morgan fingerprint density at radius 2 is 1.78 bits per heavy atom. The topological polar surface area (TPSA) is 40.5 Å². The number of aliphatic hydroxyl groups excluding tert-OH is 1. The van der Waals surface area contributed by atoms with Crippen LogP contribution in [0.25, 0.3) is 0 Å². The largest absolute Gasteiger partial charge is 0.388 e. The molecule has 0 aliphatic carbocycles. The summed E-state index contributed by atoms with van der Waals surface area (Å²) in [7, 11) is 0. The average Bonchev–Trinajstić information content (AvgIpc) is 2.61. The van der Waals surface area contributed by atoms with Crippen LogP contribution >= 0.6 is 11.6 Å². The summed E-state index contributed by atoms with van der Waals surface area (Å²) in [6.45, 7) is 1.33. The lowest BCUT2D eigenvalue weighted by molar-refractivity contribution is 0.0462. The van der Waals surface area contributed by atoms with Crippen molar-refractivity contribution >= 4 is 17.5 Å². The number of rotatable bonds is 3. The van der Waals surface area contributed by atoms with Gasteiger partial charge in [-0.3, -0.25) is 4.79 Å². The van der Waals surface area contributed by atoms with Gasteiger partial charge in [0.1, 0.15) is 0 Å². The Hall–Kier alpha value is -1.84. The third kappa shape index (κ3) is 3.74. The van der Waals surface area contributed by atoms with E-state index in [0.717, 1.165) is 18.4 Å². The first-order valence-corrected chi connectivity index (χ1v) is 8.31. The summed E-state index contributed by atoms with van der Waals surface area (Å²) in [4.78, 5) is 14.4. The van der Waals surface area contributed by atoms with Crippen LogP contribution in [-0.2, 0) is 0 Å². The van der Waals surface area contributed by atoms with Gasteiger partial charge in [-0.15, -0.1) is 0 Å². The summed E-state index contributed by atoms with van der Waals surface area (Å²) in [5.41, 5.74) is 1.58. The van der Waals surface area contributed by atoms with Crippen molar-refractivity contribution < 1.29 is 9.90 Å². The lowest BCUT2D eigenvalue weighted by Gasteiger charge is -2.34. The molecule has 1 N–H and O–H groups in total. The van der Waals surface area contributed by atoms with Crippen molar-refractivity contribution in [1.82, 2.24) is 4.90 Å². The van der Waals surface area contributed by atoms with Gasteiger partial charge in [-0.2, -0.15) is 0 Å². The van der Waals surface area contributed by atoms with E-state index >= 15 is 0 Å². The molecule has 1 heterocycles. The maximum Gasteiger partial charge on any atom is 0.253 e. The van der Waals surface area contributed by atoms with Gasteiger partial charge in [0.15, 0.2) is 0 Å². The molecule has 2 aromatic carbocycles. The summed E-state index contributed by atoms with van der Waals surface area (Å²) in [5, 5.41) is 11.1. The van der Waals surface area contributed by atoms with E-state index in [9.17, 15) is 9.90 Å². The SMILES string of the molecule is O=C(c1cccc(Cl)c1)N1CCC(C(O)c2ccccc2)CC1. The maximum atomic E-state index is 12.5. The molecule has 120 valence electrons. The van der Waals surface area contributed by atoms with Crippen LogP contribution in [0.3, 0.4) is 0 Å². The first-order chi connectivity index (χ1) is 11.1. The Balaban J connectivity index is 1.61. The van der Waals surface area contributed by atoms with Crippen LogP contribution in [0.1, 0.15) is 34.9 Å². The van der Waals surface area contributed by atoms with Crippen molar-refractivity contribution in [2.24, 2.45) is 5.92 Å². The van der Waals surface area contributed by atoms with Gasteiger partial charge < -0.3 is 10.0 Å². The lowest BCUT2D eigenvalue weighted by Crippen LogP contribution is -2.39. The highest BCUT2D eigenvalue weighted by atomic mass is 35.5. The van der Waals surface area contributed by atoms with E-state index in [2.05, 4.69) is 0 Å². The molecule has 4 heteroatoms. The molecule has 1 aliphatic heterocycles. The molecule has 0 spiro atoms. The van der Waals surface area contributed by atoms with Crippen molar-refractivity contribution in [3.63, 3.8) is 0 Å². The van der Waals surface area contributed by atoms with Crippen LogP contribution in [0.2, 0.25) is 5.02 Å². The molecule has 1 amide bonds. The number of hydrogen-bond acceptors (Lipinski definition) is 2. The highest BCUT2D eigenvalue weighted by Crippen LogP contribution is 2.31. The molecule has 23 heavy (non-hydrogen) atoms. The zero-order chi connectivity index (χ0) is 16.2. The molecule has 0 bridgehead atoms. The summed E-state index contributed by atoms with van der Waals surface area (Å²) in [6, 6.07) is 16.8. The molecule has 1 atom stereocenters. The third-order valence-corrected chi connectivity index (χ3v) is 4.72. The minimum Gasteiger partial charge on any atom is -0.388 e. The van der Waals surface area contributed by atoms with Gasteiger partial charge in [-0.1, -0.05) is 48.0 Å². The Kier molecular flexibility index (Phi) is 4.99. The Morgan fingerprint density at radius 3 is 2.43 bits per heavy atom. The summed E-state index contributed by atoms with van der Waals surface area (Å²) in [6.07, 6.45) is 1.16. The quantitative estimate of drug-likeness (QED) is 0.927. The van der Waals surface area contributed by atoms with Crippen molar-refractivity contribution in [1.29, 1.82) is 0 Å². The number of hydrogen-bond donors (Lipinski definition) is 1. The molecular weight excluding hydrogens is 310 g/mol. The van der Waals surface area contributed by atoms with Gasteiger partial charge in [0.05, 0.1) is 6.10 Å². The second-order valence-corrected chi connectivity index (χ2v) is 6.43. The minimum absolute atomic E-state index is 0.0140. The summed E-state index contributed by atoms with van der Waals surface area (Å²) in [5.74, 6) is 0.209. The van der Waals surface area contributed by atoms with E-state index in [4.69, 9.17) is 11.6 Å². The van der Waals surface area contributed by atoms with Gasteiger partial charge in [0, 0.05) is 23.7 Å². The number of aliphatic hydroxyl groups is 1. The van der Waals surface area contributed by atoms with Crippen LogP contribution < -0.4 is 0 Å². The monoisotopic (exact) mass is 329 g/mol. The predicted octanol–water partition coefficient (Wildman–Crippen LogP) is 3.93.